The lowest BCUT2D eigenvalue weighted by molar-refractivity contribution is -0.141. The molecule has 0 spiro atoms. The second-order valence-corrected chi connectivity index (χ2v) is 9.83. The molecule has 0 aliphatic carbocycles. The SMILES string of the molecule is COc1cc(C=C2CC[C@H]3C(C)N(C(=O)O)C[C@@H](c4cc(F)c(F)c(F)c4)N3C2=O)ccc1-n1cnc(C)c1. The molecule has 5 rings (SSSR count). The number of nitrogens with zero attached hydrogens (tertiary/aromatic N) is 4. The van der Waals surface area contributed by atoms with Crippen molar-refractivity contribution in [3.8, 4) is 11.4 Å². The van der Waals surface area contributed by atoms with Crippen LogP contribution in [0.5, 0.6) is 5.75 Å². The van der Waals surface area contributed by atoms with Crippen LogP contribution in [0.15, 0.2) is 48.4 Å². The average molecular weight is 541 g/mol. The zero-order chi connectivity index (χ0) is 28.0. The fourth-order valence-corrected chi connectivity index (χ4v) is 5.53. The van der Waals surface area contributed by atoms with E-state index < -0.39 is 41.7 Å². The minimum atomic E-state index is -1.62. The number of carbonyl (C=O) groups is 2. The van der Waals surface area contributed by atoms with E-state index in [0.717, 1.165) is 28.4 Å². The van der Waals surface area contributed by atoms with Gasteiger partial charge in [0.25, 0.3) is 5.91 Å². The van der Waals surface area contributed by atoms with Crippen molar-refractivity contribution < 1.29 is 32.6 Å². The van der Waals surface area contributed by atoms with Crippen LogP contribution in [0.25, 0.3) is 11.8 Å². The number of carboxylic acid groups (broad SMARTS) is 1. The number of carbonyl (C=O) groups excluding carboxylic acids is 1. The Morgan fingerprint density at radius 1 is 1.18 bits per heavy atom. The van der Waals surface area contributed by atoms with E-state index >= 15 is 0 Å². The van der Waals surface area contributed by atoms with Gasteiger partial charge >= 0.3 is 6.09 Å². The van der Waals surface area contributed by atoms with Crippen LogP contribution in [0.1, 0.15) is 42.6 Å². The second kappa shape index (κ2) is 10.1. The maximum absolute atomic E-state index is 14.2. The zero-order valence-electron chi connectivity index (χ0n) is 21.6. The van der Waals surface area contributed by atoms with Crippen molar-refractivity contribution in [1.29, 1.82) is 0 Å². The number of benzene rings is 2. The third-order valence-electron chi connectivity index (χ3n) is 7.50. The van der Waals surface area contributed by atoms with E-state index in [0.29, 0.717) is 29.7 Å². The first-order valence-corrected chi connectivity index (χ1v) is 12.4. The molecule has 3 atom stereocenters. The minimum absolute atomic E-state index is 0.00852. The maximum atomic E-state index is 14.2. The Labute approximate surface area is 222 Å². The molecule has 2 aliphatic heterocycles. The Hall–Kier alpha value is -4.28. The van der Waals surface area contributed by atoms with Gasteiger partial charge in [-0.1, -0.05) is 6.07 Å². The standard InChI is InChI=1S/C28H27F3N4O4/c1-15-12-33(14-32-15)23-6-4-17(9-25(23)39-3)8-18-5-7-22-16(2)34(28(37)38)13-24(35(22)27(18)36)19-10-20(29)26(31)21(30)11-19/h4,6,8-12,14,16,22,24H,5,7,13H2,1-3H3,(H,37,38)/t16?,22-,24-/m0/s1. The van der Waals surface area contributed by atoms with E-state index in [-0.39, 0.29) is 18.0 Å². The number of aromatic nitrogens is 2. The van der Waals surface area contributed by atoms with E-state index in [1.807, 2.05) is 29.8 Å². The Morgan fingerprint density at radius 2 is 1.90 bits per heavy atom. The van der Waals surface area contributed by atoms with Crippen LogP contribution in [0, 0.1) is 24.4 Å². The molecular formula is C28H27F3N4O4. The van der Waals surface area contributed by atoms with Gasteiger partial charge < -0.3 is 24.2 Å². The highest BCUT2D eigenvalue weighted by Crippen LogP contribution is 2.40. The highest BCUT2D eigenvalue weighted by Gasteiger charge is 2.47. The summed E-state index contributed by atoms with van der Waals surface area (Å²) in [5.41, 5.74) is 2.78. The molecule has 2 aliphatic rings. The predicted molar refractivity (Wildman–Crippen MR) is 136 cm³/mol. The number of fused-ring (bicyclic) bond motifs is 1. The molecule has 3 heterocycles. The predicted octanol–water partition coefficient (Wildman–Crippen LogP) is 5.10. The van der Waals surface area contributed by atoms with Gasteiger partial charge in [0.05, 0.1) is 42.9 Å². The number of methoxy groups -OCH3 is 1. The van der Waals surface area contributed by atoms with Crippen LogP contribution in [0.3, 0.4) is 0 Å². The fourth-order valence-electron chi connectivity index (χ4n) is 5.53. The van der Waals surface area contributed by atoms with E-state index in [4.69, 9.17) is 4.74 Å². The van der Waals surface area contributed by atoms with Gasteiger partial charge in [-0.05, 0) is 68.2 Å². The number of amides is 2. The van der Waals surface area contributed by atoms with Gasteiger partial charge in [-0.25, -0.2) is 22.9 Å². The van der Waals surface area contributed by atoms with Gasteiger partial charge in [0.1, 0.15) is 5.75 Å². The first-order valence-electron chi connectivity index (χ1n) is 12.4. The minimum Gasteiger partial charge on any atom is -0.495 e. The van der Waals surface area contributed by atoms with Gasteiger partial charge in [0, 0.05) is 18.3 Å². The molecule has 2 fully saturated rings. The summed E-state index contributed by atoms with van der Waals surface area (Å²) in [5.74, 6) is -4.22. The molecule has 2 aromatic carbocycles. The molecule has 1 unspecified atom stereocenters. The number of imidazole rings is 1. The number of ether oxygens (including phenoxy) is 1. The molecule has 1 N–H and O–H groups in total. The molecule has 0 radical (unpaired) electrons. The summed E-state index contributed by atoms with van der Waals surface area (Å²) in [5, 5.41) is 9.77. The molecule has 2 saturated heterocycles. The van der Waals surface area contributed by atoms with Crippen LogP contribution in [-0.4, -0.2) is 62.2 Å². The maximum Gasteiger partial charge on any atom is 0.407 e. The van der Waals surface area contributed by atoms with Crippen molar-refractivity contribution in [1.82, 2.24) is 19.4 Å². The second-order valence-electron chi connectivity index (χ2n) is 9.83. The van der Waals surface area contributed by atoms with Crippen LogP contribution in [0.4, 0.5) is 18.0 Å². The molecule has 11 heteroatoms. The molecule has 0 saturated carbocycles. The normalized spacial score (nSPS) is 22.3. The number of piperazine rings is 1. The van der Waals surface area contributed by atoms with Gasteiger partial charge in [0.2, 0.25) is 0 Å². The number of hydrogen-bond donors (Lipinski definition) is 1. The average Bonchev–Trinajstić information content (AvgIpc) is 3.34. The van der Waals surface area contributed by atoms with Crippen LogP contribution in [0.2, 0.25) is 0 Å². The number of aryl methyl sites for hydroxylation is 1. The lowest BCUT2D eigenvalue weighted by Gasteiger charge is -2.52. The number of piperidine rings is 1. The third kappa shape index (κ3) is 4.73. The highest BCUT2D eigenvalue weighted by atomic mass is 19.2. The topological polar surface area (TPSA) is 87.9 Å². The van der Waals surface area contributed by atoms with Crippen molar-refractivity contribution >= 4 is 18.1 Å². The molecule has 3 aromatic rings. The summed E-state index contributed by atoms with van der Waals surface area (Å²) in [6.07, 6.45) is 4.89. The van der Waals surface area contributed by atoms with Crippen molar-refractivity contribution in [3.05, 3.63) is 82.7 Å². The molecule has 39 heavy (non-hydrogen) atoms. The van der Waals surface area contributed by atoms with Gasteiger partial charge in [0.15, 0.2) is 17.5 Å². The highest BCUT2D eigenvalue weighted by molar-refractivity contribution is 5.99. The monoisotopic (exact) mass is 540 g/mol. The van der Waals surface area contributed by atoms with E-state index in [1.54, 1.807) is 32.5 Å². The molecule has 2 amide bonds. The quantitative estimate of drug-likeness (QED) is 0.367. The van der Waals surface area contributed by atoms with E-state index in [9.17, 15) is 27.9 Å². The molecular weight excluding hydrogens is 513 g/mol. The lowest BCUT2D eigenvalue weighted by Crippen LogP contribution is -2.63. The van der Waals surface area contributed by atoms with Crippen molar-refractivity contribution in [3.63, 3.8) is 0 Å². The van der Waals surface area contributed by atoms with Crippen LogP contribution < -0.4 is 4.74 Å². The van der Waals surface area contributed by atoms with Crippen molar-refractivity contribution in [2.75, 3.05) is 13.7 Å². The van der Waals surface area contributed by atoms with Crippen molar-refractivity contribution in [2.45, 2.75) is 44.8 Å². The van der Waals surface area contributed by atoms with E-state index in [2.05, 4.69) is 4.98 Å². The molecule has 1 aromatic heterocycles. The summed E-state index contributed by atoms with van der Waals surface area (Å²) in [7, 11) is 1.55. The van der Waals surface area contributed by atoms with Crippen LogP contribution in [-0.2, 0) is 4.79 Å². The first-order chi connectivity index (χ1) is 18.6. The van der Waals surface area contributed by atoms with Crippen molar-refractivity contribution in [2.24, 2.45) is 0 Å². The summed E-state index contributed by atoms with van der Waals surface area (Å²) in [6.45, 7) is 3.38. The number of rotatable bonds is 4. The fraction of sp³-hybridized carbons (Fsp3) is 0.321. The zero-order valence-corrected chi connectivity index (χ0v) is 21.6. The lowest BCUT2D eigenvalue weighted by atomic mass is 9.85. The number of hydrogen-bond acceptors (Lipinski definition) is 4. The van der Waals surface area contributed by atoms with Gasteiger partial charge in [-0.2, -0.15) is 0 Å². The van der Waals surface area contributed by atoms with Crippen LogP contribution >= 0.6 is 0 Å². The Morgan fingerprint density at radius 3 is 2.51 bits per heavy atom. The summed E-state index contributed by atoms with van der Waals surface area (Å²) in [6, 6.07) is 5.06. The molecule has 0 bridgehead atoms. The first kappa shape index (κ1) is 26.3. The Balaban J connectivity index is 1.52. The Bertz CT molecular complexity index is 1460. The van der Waals surface area contributed by atoms with Gasteiger partial charge in [-0.3, -0.25) is 4.79 Å². The molecule has 204 valence electrons. The summed E-state index contributed by atoms with van der Waals surface area (Å²) >= 11 is 0. The summed E-state index contributed by atoms with van der Waals surface area (Å²) in [4.78, 5) is 32.7. The molecule has 8 nitrogen and oxygen atoms in total. The third-order valence-corrected chi connectivity index (χ3v) is 7.50. The number of halogens is 3. The Kier molecular flexibility index (Phi) is 6.83. The summed E-state index contributed by atoms with van der Waals surface area (Å²) < 4.78 is 49.4. The largest absolute Gasteiger partial charge is 0.495 e. The van der Waals surface area contributed by atoms with Gasteiger partial charge in [-0.15, -0.1) is 0 Å². The van der Waals surface area contributed by atoms with E-state index in [1.165, 1.54) is 4.90 Å². The smallest absolute Gasteiger partial charge is 0.407 e.